The van der Waals surface area contributed by atoms with E-state index in [2.05, 4.69) is 0 Å². The van der Waals surface area contributed by atoms with Crippen LogP contribution in [0, 0.1) is 5.92 Å². The highest BCUT2D eigenvalue weighted by Crippen LogP contribution is 2.07. The average molecular weight is 192 g/mol. The van der Waals surface area contributed by atoms with Crippen LogP contribution in [-0.2, 0) is 9.53 Å². The van der Waals surface area contributed by atoms with Crippen LogP contribution < -0.4 is 0 Å². The van der Waals surface area contributed by atoms with Gasteiger partial charge in [0.15, 0.2) is 0 Å². The van der Waals surface area contributed by atoms with Crippen molar-refractivity contribution in [2.24, 2.45) is 5.92 Å². The van der Waals surface area contributed by atoms with Gasteiger partial charge in [-0.3, -0.25) is 4.79 Å². The molecule has 0 aromatic carbocycles. The number of rotatable bonds is 6. The van der Waals surface area contributed by atoms with E-state index in [0.29, 0.717) is 12.4 Å². The quantitative estimate of drug-likeness (QED) is 0.635. The molecule has 0 spiro atoms. The van der Waals surface area contributed by atoms with Crippen molar-refractivity contribution >= 4 is 17.7 Å². The van der Waals surface area contributed by atoms with E-state index in [1.54, 1.807) is 6.92 Å². The first kappa shape index (κ1) is 11.8. The van der Waals surface area contributed by atoms with Crippen molar-refractivity contribution in [1.82, 2.24) is 0 Å². The van der Waals surface area contributed by atoms with Gasteiger partial charge in [-0.25, -0.2) is 0 Å². The molecule has 72 valence electrons. The fourth-order valence-electron chi connectivity index (χ4n) is 0.599. The van der Waals surface area contributed by atoms with Gasteiger partial charge in [-0.1, -0.05) is 6.92 Å². The SMILES string of the molecule is CCOC(=O)CSCC(C)CO. The highest BCUT2D eigenvalue weighted by Gasteiger charge is 2.04. The lowest BCUT2D eigenvalue weighted by Gasteiger charge is -2.06. The molecule has 0 aliphatic carbocycles. The van der Waals surface area contributed by atoms with Crippen molar-refractivity contribution in [3.8, 4) is 0 Å². The summed E-state index contributed by atoms with van der Waals surface area (Å²) in [4.78, 5) is 10.8. The lowest BCUT2D eigenvalue weighted by molar-refractivity contribution is -0.139. The summed E-state index contributed by atoms with van der Waals surface area (Å²) >= 11 is 1.50. The highest BCUT2D eigenvalue weighted by atomic mass is 32.2. The van der Waals surface area contributed by atoms with Crippen LogP contribution in [0.1, 0.15) is 13.8 Å². The summed E-state index contributed by atoms with van der Waals surface area (Å²) in [5, 5.41) is 8.67. The van der Waals surface area contributed by atoms with Crippen LogP contribution in [0.3, 0.4) is 0 Å². The molecule has 0 heterocycles. The van der Waals surface area contributed by atoms with Gasteiger partial charge in [0.2, 0.25) is 0 Å². The fraction of sp³-hybridized carbons (Fsp3) is 0.875. The van der Waals surface area contributed by atoms with E-state index in [1.807, 2.05) is 6.92 Å². The van der Waals surface area contributed by atoms with Crippen LogP contribution in [0.4, 0.5) is 0 Å². The zero-order valence-electron chi connectivity index (χ0n) is 7.58. The summed E-state index contributed by atoms with van der Waals surface area (Å²) in [6.07, 6.45) is 0. The maximum Gasteiger partial charge on any atom is 0.315 e. The van der Waals surface area contributed by atoms with E-state index in [4.69, 9.17) is 9.84 Å². The molecular formula is C8H16O3S. The maximum atomic E-state index is 10.8. The summed E-state index contributed by atoms with van der Waals surface area (Å²) < 4.78 is 4.74. The molecule has 4 heteroatoms. The minimum absolute atomic E-state index is 0.173. The lowest BCUT2D eigenvalue weighted by Crippen LogP contribution is -2.10. The number of aliphatic hydroxyl groups is 1. The zero-order chi connectivity index (χ0) is 9.40. The molecular weight excluding hydrogens is 176 g/mol. The normalized spacial score (nSPS) is 12.6. The third-order valence-corrected chi connectivity index (χ3v) is 2.48. The number of carbonyl (C=O) groups excluding carboxylic acids is 1. The fourth-order valence-corrected chi connectivity index (χ4v) is 1.47. The van der Waals surface area contributed by atoms with Gasteiger partial charge in [0.1, 0.15) is 0 Å². The standard InChI is InChI=1S/C8H16O3S/c1-3-11-8(10)6-12-5-7(2)4-9/h7,9H,3-6H2,1-2H3. The predicted molar refractivity (Wildman–Crippen MR) is 50.2 cm³/mol. The molecule has 0 saturated carbocycles. The summed E-state index contributed by atoms with van der Waals surface area (Å²) in [5.74, 6) is 1.27. The van der Waals surface area contributed by atoms with Crippen molar-refractivity contribution in [1.29, 1.82) is 0 Å². The Balaban J connectivity index is 3.24. The number of hydrogen-bond acceptors (Lipinski definition) is 4. The highest BCUT2D eigenvalue weighted by molar-refractivity contribution is 7.99. The number of ether oxygens (including phenoxy) is 1. The second-order valence-electron chi connectivity index (χ2n) is 2.61. The van der Waals surface area contributed by atoms with Gasteiger partial charge in [-0.2, -0.15) is 0 Å². The molecule has 1 unspecified atom stereocenters. The Bertz CT molecular complexity index is 127. The third kappa shape index (κ3) is 6.49. The Morgan fingerprint density at radius 3 is 2.83 bits per heavy atom. The van der Waals surface area contributed by atoms with E-state index in [1.165, 1.54) is 11.8 Å². The Kier molecular flexibility index (Phi) is 7.29. The molecule has 0 aliphatic heterocycles. The largest absolute Gasteiger partial charge is 0.465 e. The molecule has 0 rings (SSSR count). The van der Waals surface area contributed by atoms with E-state index < -0.39 is 0 Å². The van der Waals surface area contributed by atoms with Gasteiger partial charge in [0, 0.05) is 6.61 Å². The second-order valence-corrected chi connectivity index (χ2v) is 3.64. The number of hydrogen-bond donors (Lipinski definition) is 1. The topological polar surface area (TPSA) is 46.5 Å². The van der Waals surface area contributed by atoms with Gasteiger partial charge in [0.05, 0.1) is 12.4 Å². The van der Waals surface area contributed by atoms with E-state index in [-0.39, 0.29) is 18.5 Å². The summed E-state index contributed by atoms with van der Waals surface area (Å²) in [6.45, 7) is 4.35. The molecule has 0 fully saturated rings. The van der Waals surface area contributed by atoms with Crippen LogP contribution in [0.2, 0.25) is 0 Å². The van der Waals surface area contributed by atoms with E-state index in [0.717, 1.165) is 5.75 Å². The van der Waals surface area contributed by atoms with Crippen LogP contribution >= 0.6 is 11.8 Å². The maximum absolute atomic E-state index is 10.8. The smallest absolute Gasteiger partial charge is 0.315 e. The lowest BCUT2D eigenvalue weighted by atomic mass is 10.2. The molecule has 0 aromatic rings. The van der Waals surface area contributed by atoms with Crippen LogP contribution in [0.25, 0.3) is 0 Å². The summed E-state index contributed by atoms with van der Waals surface area (Å²) in [7, 11) is 0. The van der Waals surface area contributed by atoms with E-state index in [9.17, 15) is 4.79 Å². The summed E-state index contributed by atoms with van der Waals surface area (Å²) in [6, 6.07) is 0. The average Bonchev–Trinajstić information content (AvgIpc) is 2.04. The first-order valence-electron chi connectivity index (χ1n) is 4.05. The molecule has 0 aliphatic rings. The Morgan fingerprint density at radius 1 is 1.67 bits per heavy atom. The minimum Gasteiger partial charge on any atom is -0.465 e. The van der Waals surface area contributed by atoms with Crippen LogP contribution in [-0.4, -0.2) is 35.8 Å². The molecule has 0 amide bonds. The Labute approximate surface area is 77.5 Å². The van der Waals surface area contributed by atoms with Crippen molar-refractivity contribution < 1.29 is 14.6 Å². The molecule has 0 aromatic heterocycles. The van der Waals surface area contributed by atoms with Crippen molar-refractivity contribution in [3.05, 3.63) is 0 Å². The van der Waals surface area contributed by atoms with Crippen molar-refractivity contribution in [2.45, 2.75) is 13.8 Å². The van der Waals surface area contributed by atoms with Crippen LogP contribution in [0.5, 0.6) is 0 Å². The van der Waals surface area contributed by atoms with Gasteiger partial charge in [-0.05, 0) is 18.6 Å². The summed E-state index contributed by atoms with van der Waals surface area (Å²) in [5.41, 5.74) is 0. The number of esters is 1. The second kappa shape index (κ2) is 7.43. The number of thioether (sulfide) groups is 1. The van der Waals surface area contributed by atoms with Gasteiger partial charge in [0.25, 0.3) is 0 Å². The Morgan fingerprint density at radius 2 is 2.33 bits per heavy atom. The van der Waals surface area contributed by atoms with Gasteiger partial charge >= 0.3 is 5.97 Å². The first-order valence-corrected chi connectivity index (χ1v) is 5.20. The van der Waals surface area contributed by atoms with Crippen molar-refractivity contribution in [3.63, 3.8) is 0 Å². The molecule has 0 radical (unpaired) electrons. The van der Waals surface area contributed by atoms with Crippen molar-refractivity contribution in [2.75, 3.05) is 24.7 Å². The molecule has 0 bridgehead atoms. The molecule has 1 atom stereocenters. The molecule has 12 heavy (non-hydrogen) atoms. The minimum atomic E-state index is -0.173. The van der Waals surface area contributed by atoms with Crippen LogP contribution in [0.15, 0.2) is 0 Å². The monoisotopic (exact) mass is 192 g/mol. The first-order chi connectivity index (χ1) is 5.70. The molecule has 0 saturated heterocycles. The molecule has 3 nitrogen and oxygen atoms in total. The number of carbonyl (C=O) groups is 1. The van der Waals surface area contributed by atoms with Gasteiger partial charge in [-0.15, -0.1) is 11.8 Å². The van der Waals surface area contributed by atoms with Gasteiger partial charge < -0.3 is 9.84 Å². The predicted octanol–water partition coefficient (Wildman–Crippen LogP) is 0.911. The number of aliphatic hydroxyl groups excluding tert-OH is 1. The molecule has 1 N–H and O–H groups in total. The zero-order valence-corrected chi connectivity index (χ0v) is 8.39. The van der Waals surface area contributed by atoms with E-state index >= 15 is 0 Å². The third-order valence-electron chi connectivity index (χ3n) is 1.24. The Hall–Kier alpha value is -0.220.